The van der Waals surface area contributed by atoms with Gasteiger partial charge in [-0.15, -0.1) is 11.3 Å². The van der Waals surface area contributed by atoms with Crippen LogP contribution in [-0.4, -0.2) is 34.3 Å². The fraction of sp³-hybridized carbons (Fsp3) is 0.333. The summed E-state index contributed by atoms with van der Waals surface area (Å²) < 4.78 is 0. The molecule has 0 bridgehead atoms. The molecule has 1 unspecified atom stereocenters. The minimum absolute atomic E-state index is 0.0317. The average molecular weight is 464 g/mol. The lowest BCUT2D eigenvalue weighted by molar-refractivity contribution is -0.133. The highest BCUT2D eigenvalue weighted by Crippen LogP contribution is 2.20. The first-order chi connectivity index (χ1) is 15.9. The van der Waals surface area contributed by atoms with E-state index < -0.39 is 0 Å². The number of carbonyl (C=O) groups excluding carboxylic acids is 2. The van der Waals surface area contributed by atoms with Crippen molar-refractivity contribution in [3.8, 4) is 0 Å². The van der Waals surface area contributed by atoms with Gasteiger partial charge >= 0.3 is 6.03 Å². The number of hydrogen-bond donors (Lipinski definition) is 1. The van der Waals surface area contributed by atoms with Crippen LogP contribution < -0.4 is 5.32 Å². The van der Waals surface area contributed by atoms with Crippen LogP contribution in [0.3, 0.4) is 0 Å². The highest BCUT2D eigenvalue weighted by Gasteiger charge is 2.25. The van der Waals surface area contributed by atoms with E-state index in [1.165, 1.54) is 4.88 Å². The Bertz CT molecular complexity index is 1060. The Morgan fingerprint density at radius 2 is 1.64 bits per heavy atom. The molecule has 33 heavy (non-hydrogen) atoms. The molecule has 0 aliphatic carbocycles. The van der Waals surface area contributed by atoms with Gasteiger partial charge in [0, 0.05) is 28.0 Å². The third-order valence-corrected chi connectivity index (χ3v) is 6.77. The van der Waals surface area contributed by atoms with E-state index in [1.54, 1.807) is 16.2 Å². The standard InChI is InChI=1S/C27H33N3O2S/c1-5-21(3)30(27(32)28-25-14-10-9-11-20(25)2)19-26(31)29(17-23-12-7-6-8-13-23)18-24-16-15-22(4)33-24/h6-16,21H,5,17-19H2,1-4H3,(H,28,32). The van der Waals surface area contributed by atoms with E-state index in [1.807, 2.05) is 80.3 Å². The number of urea groups is 1. The number of hydrogen-bond acceptors (Lipinski definition) is 3. The van der Waals surface area contributed by atoms with Crippen molar-refractivity contribution >= 4 is 29.0 Å². The lowest BCUT2D eigenvalue weighted by Gasteiger charge is -2.31. The maximum atomic E-state index is 13.5. The molecule has 0 radical (unpaired) electrons. The molecule has 1 heterocycles. The molecule has 0 fully saturated rings. The Labute approximate surface area is 201 Å². The quantitative estimate of drug-likeness (QED) is 0.409. The third kappa shape index (κ3) is 6.93. The molecular weight excluding hydrogens is 430 g/mol. The lowest BCUT2D eigenvalue weighted by atomic mass is 10.2. The number of rotatable bonds is 9. The fourth-order valence-electron chi connectivity index (χ4n) is 3.59. The molecule has 0 saturated carbocycles. The normalized spacial score (nSPS) is 11.6. The van der Waals surface area contributed by atoms with Gasteiger partial charge in [0.15, 0.2) is 0 Å². The summed E-state index contributed by atoms with van der Waals surface area (Å²) >= 11 is 1.70. The molecule has 1 atom stereocenters. The summed E-state index contributed by atoms with van der Waals surface area (Å²) in [6.07, 6.45) is 0.761. The molecule has 3 rings (SSSR count). The van der Waals surface area contributed by atoms with E-state index in [9.17, 15) is 9.59 Å². The Morgan fingerprint density at radius 3 is 2.27 bits per heavy atom. The highest BCUT2D eigenvalue weighted by atomic mass is 32.1. The number of nitrogens with zero attached hydrogens (tertiary/aromatic N) is 2. The van der Waals surface area contributed by atoms with E-state index in [-0.39, 0.29) is 24.5 Å². The van der Waals surface area contributed by atoms with E-state index in [2.05, 4.69) is 24.4 Å². The van der Waals surface area contributed by atoms with Crippen LogP contribution in [0.15, 0.2) is 66.7 Å². The maximum absolute atomic E-state index is 13.5. The number of thiophene rings is 1. The molecule has 5 nitrogen and oxygen atoms in total. The van der Waals surface area contributed by atoms with Crippen molar-refractivity contribution in [3.05, 3.63) is 87.6 Å². The largest absolute Gasteiger partial charge is 0.332 e. The Balaban J connectivity index is 1.79. The summed E-state index contributed by atoms with van der Waals surface area (Å²) in [5.41, 5.74) is 2.82. The van der Waals surface area contributed by atoms with Gasteiger partial charge < -0.3 is 15.1 Å². The monoisotopic (exact) mass is 463 g/mol. The summed E-state index contributed by atoms with van der Waals surface area (Å²) in [6.45, 7) is 9.10. The Morgan fingerprint density at radius 1 is 0.939 bits per heavy atom. The molecule has 3 amide bonds. The van der Waals surface area contributed by atoms with Gasteiger partial charge in [0.05, 0.1) is 6.54 Å². The summed E-state index contributed by atoms with van der Waals surface area (Å²) in [7, 11) is 0. The van der Waals surface area contributed by atoms with Crippen molar-refractivity contribution in [3.63, 3.8) is 0 Å². The van der Waals surface area contributed by atoms with Crippen molar-refractivity contribution < 1.29 is 9.59 Å². The van der Waals surface area contributed by atoms with Crippen LogP contribution in [-0.2, 0) is 17.9 Å². The number of carbonyl (C=O) groups is 2. The lowest BCUT2D eigenvalue weighted by Crippen LogP contribution is -2.47. The van der Waals surface area contributed by atoms with Crippen molar-refractivity contribution in [1.82, 2.24) is 9.80 Å². The van der Waals surface area contributed by atoms with Crippen LogP contribution in [0.2, 0.25) is 0 Å². The second kappa shape index (κ2) is 11.7. The summed E-state index contributed by atoms with van der Waals surface area (Å²) in [5.74, 6) is -0.0647. The molecule has 1 N–H and O–H groups in total. The zero-order valence-corrected chi connectivity index (χ0v) is 20.7. The van der Waals surface area contributed by atoms with Gasteiger partial charge in [-0.2, -0.15) is 0 Å². The smallest absolute Gasteiger partial charge is 0.322 e. The highest BCUT2D eigenvalue weighted by molar-refractivity contribution is 7.11. The maximum Gasteiger partial charge on any atom is 0.322 e. The minimum atomic E-state index is -0.251. The van der Waals surface area contributed by atoms with Crippen LogP contribution in [0.4, 0.5) is 10.5 Å². The Hall–Kier alpha value is -3.12. The van der Waals surface area contributed by atoms with Gasteiger partial charge in [0.1, 0.15) is 6.54 Å². The summed E-state index contributed by atoms with van der Waals surface area (Å²) in [4.78, 5) is 32.6. The van der Waals surface area contributed by atoms with Gasteiger partial charge in [-0.1, -0.05) is 55.5 Å². The van der Waals surface area contributed by atoms with Crippen LogP contribution >= 0.6 is 11.3 Å². The topological polar surface area (TPSA) is 52.7 Å². The number of benzene rings is 2. The molecule has 0 spiro atoms. The fourth-order valence-corrected chi connectivity index (χ4v) is 4.49. The van der Waals surface area contributed by atoms with Gasteiger partial charge in [-0.05, 0) is 56.5 Å². The van der Waals surface area contributed by atoms with E-state index in [4.69, 9.17) is 0 Å². The molecule has 174 valence electrons. The number of aryl methyl sites for hydroxylation is 2. The molecule has 0 aliphatic rings. The summed E-state index contributed by atoms with van der Waals surface area (Å²) in [6, 6.07) is 21.5. The van der Waals surface area contributed by atoms with Crippen molar-refractivity contribution in [2.45, 2.75) is 53.2 Å². The third-order valence-electron chi connectivity index (χ3n) is 5.79. The first-order valence-corrected chi connectivity index (χ1v) is 12.2. The van der Waals surface area contributed by atoms with E-state index in [0.29, 0.717) is 13.1 Å². The SMILES string of the molecule is CCC(C)N(CC(=O)N(Cc1ccccc1)Cc1ccc(C)s1)C(=O)Nc1ccccc1C. The molecule has 0 saturated heterocycles. The number of nitrogens with one attached hydrogen (secondary N) is 1. The molecule has 2 aromatic carbocycles. The predicted molar refractivity (Wildman–Crippen MR) is 136 cm³/mol. The minimum Gasteiger partial charge on any atom is -0.332 e. The Kier molecular flexibility index (Phi) is 8.66. The molecular formula is C27H33N3O2S. The van der Waals surface area contributed by atoms with E-state index in [0.717, 1.165) is 28.1 Å². The zero-order chi connectivity index (χ0) is 23.8. The van der Waals surface area contributed by atoms with Crippen LogP contribution in [0.5, 0.6) is 0 Å². The van der Waals surface area contributed by atoms with Crippen LogP contribution in [0.25, 0.3) is 0 Å². The molecule has 0 aliphatic heterocycles. The number of para-hydroxylation sites is 1. The average Bonchev–Trinajstić information content (AvgIpc) is 3.23. The van der Waals surface area contributed by atoms with Crippen molar-refractivity contribution in [1.29, 1.82) is 0 Å². The van der Waals surface area contributed by atoms with Crippen LogP contribution in [0, 0.1) is 13.8 Å². The second-order valence-corrected chi connectivity index (χ2v) is 9.75. The first kappa shape index (κ1) is 24.5. The predicted octanol–water partition coefficient (Wildman–Crippen LogP) is 6.23. The van der Waals surface area contributed by atoms with Crippen molar-refractivity contribution in [2.24, 2.45) is 0 Å². The zero-order valence-electron chi connectivity index (χ0n) is 19.9. The second-order valence-electron chi connectivity index (χ2n) is 8.38. The van der Waals surface area contributed by atoms with Gasteiger partial charge in [0.25, 0.3) is 0 Å². The number of anilines is 1. The van der Waals surface area contributed by atoms with Crippen molar-refractivity contribution in [2.75, 3.05) is 11.9 Å². The molecule has 1 aromatic heterocycles. The molecule has 3 aromatic rings. The van der Waals surface area contributed by atoms with Gasteiger partial charge in [-0.3, -0.25) is 4.79 Å². The van der Waals surface area contributed by atoms with Crippen LogP contribution in [0.1, 0.15) is 41.1 Å². The van der Waals surface area contributed by atoms with Gasteiger partial charge in [0.2, 0.25) is 5.91 Å². The molecule has 6 heteroatoms. The first-order valence-electron chi connectivity index (χ1n) is 11.4. The van der Waals surface area contributed by atoms with Gasteiger partial charge in [-0.25, -0.2) is 4.79 Å². The summed E-state index contributed by atoms with van der Waals surface area (Å²) in [5, 5.41) is 2.99. The van der Waals surface area contributed by atoms with E-state index >= 15 is 0 Å². The number of amides is 3.